The molecular weight excluding hydrogens is 360 g/mol. The number of nitrogens with zero attached hydrogens (tertiary/aromatic N) is 4. The lowest BCUT2D eigenvalue weighted by molar-refractivity contribution is -0.385. The highest BCUT2D eigenvalue weighted by Crippen LogP contribution is 2.30. The van der Waals surface area contributed by atoms with Crippen LogP contribution in [0.3, 0.4) is 0 Å². The number of hydrogen-bond acceptors (Lipinski definition) is 7. The van der Waals surface area contributed by atoms with E-state index in [1.807, 2.05) is 0 Å². The zero-order valence-electron chi connectivity index (χ0n) is 13.9. The predicted octanol–water partition coefficient (Wildman–Crippen LogP) is 2.02. The molecule has 0 saturated carbocycles. The number of sulfonamides is 1. The van der Waals surface area contributed by atoms with Crippen LogP contribution in [0.15, 0.2) is 56.9 Å². The number of nitro benzene ring substituents is 1. The van der Waals surface area contributed by atoms with Crippen LogP contribution in [-0.2, 0) is 10.0 Å². The van der Waals surface area contributed by atoms with Gasteiger partial charge in [-0.2, -0.15) is 13.5 Å². The Labute approximate surface area is 149 Å². The Morgan fingerprint density at radius 1 is 1.23 bits per heavy atom. The second kappa shape index (κ2) is 6.56. The Morgan fingerprint density at radius 3 is 2.54 bits per heavy atom. The number of rotatable bonds is 4. The quantitative estimate of drug-likeness (QED) is 0.459. The van der Waals surface area contributed by atoms with E-state index >= 15 is 0 Å². The van der Waals surface area contributed by atoms with Crippen molar-refractivity contribution in [3.05, 3.63) is 63.7 Å². The molecule has 0 N–H and O–H groups in total. The summed E-state index contributed by atoms with van der Waals surface area (Å²) in [5, 5.41) is 16.4. The van der Waals surface area contributed by atoms with Crippen LogP contribution in [-0.4, -0.2) is 44.6 Å². The predicted molar refractivity (Wildman–Crippen MR) is 95.2 cm³/mol. The summed E-state index contributed by atoms with van der Waals surface area (Å²) in [6.45, 7) is 0. The van der Waals surface area contributed by atoms with Crippen molar-refractivity contribution < 1.29 is 18.1 Å². The van der Waals surface area contributed by atoms with Crippen LogP contribution in [0.4, 0.5) is 5.69 Å². The Kier molecular flexibility index (Phi) is 4.43. The number of hydrazone groups is 1. The first-order chi connectivity index (χ1) is 12.3. The molecule has 0 aliphatic carbocycles. The summed E-state index contributed by atoms with van der Waals surface area (Å²) >= 11 is 0. The van der Waals surface area contributed by atoms with Crippen molar-refractivity contribution >= 4 is 27.8 Å². The first-order valence-electron chi connectivity index (χ1n) is 7.37. The Balaban J connectivity index is 1.90. The number of methoxy groups -OCH3 is 1. The molecule has 134 valence electrons. The lowest BCUT2D eigenvalue weighted by Gasteiger charge is -2.12. The molecule has 0 fully saturated rings. The van der Waals surface area contributed by atoms with E-state index in [1.54, 1.807) is 38.4 Å². The van der Waals surface area contributed by atoms with Crippen molar-refractivity contribution in [1.82, 2.24) is 5.01 Å². The molecule has 0 spiro atoms. The molecule has 9 nitrogen and oxygen atoms in total. The molecule has 2 aromatic rings. The first-order valence-corrected chi connectivity index (χ1v) is 8.81. The summed E-state index contributed by atoms with van der Waals surface area (Å²) in [6.07, 6.45) is 1.54. The first kappa shape index (κ1) is 17.5. The maximum absolute atomic E-state index is 12.2. The highest BCUT2D eigenvalue weighted by molar-refractivity contribution is 7.90. The van der Waals surface area contributed by atoms with Crippen LogP contribution in [0.25, 0.3) is 0 Å². The van der Waals surface area contributed by atoms with E-state index in [2.05, 4.69) is 9.50 Å². The van der Waals surface area contributed by atoms with Gasteiger partial charge in [0.25, 0.3) is 15.7 Å². The number of benzene rings is 2. The third-order valence-electron chi connectivity index (χ3n) is 3.70. The van der Waals surface area contributed by atoms with Gasteiger partial charge in [-0.05, 0) is 35.9 Å². The zero-order valence-corrected chi connectivity index (χ0v) is 14.7. The smallest absolute Gasteiger partial charge is 0.285 e. The molecule has 1 aliphatic heterocycles. The molecular formula is C16H14N4O5S. The highest BCUT2D eigenvalue weighted by Gasteiger charge is 2.32. The van der Waals surface area contributed by atoms with E-state index in [4.69, 9.17) is 4.74 Å². The van der Waals surface area contributed by atoms with E-state index in [0.29, 0.717) is 5.75 Å². The summed E-state index contributed by atoms with van der Waals surface area (Å²) in [4.78, 5) is 10.0. The number of non-ortho nitro benzene ring substituents is 1. The lowest BCUT2D eigenvalue weighted by Crippen LogP contribution is -2.21. The Morgan fingerprint density at radius 2 is 1.92 bits per heavy atom. The van der Waals surface area contributed by atoms with Gasteiger partial charge in [0.15, 0.2) is 5.84 Å². The minimum absolute atomic E-state index is 0.0969. The van der Waals surface area contributed by atoms with Crippen LogP contribution in [0.5, 0.6) is 5.75 Å². The van der Waals surface area contributed by atoms with Crippen molar-refractivity contribution in [2.45, 2.75) is 4.90 Å². The monoisotopic (exact) mass is 374 g/mol. The van der Waals surface area contributed by atoms with Gasteiger partial charge in [0.2, 0.25) is 0 Å². The minimum atomic E-state index is -4.00. The number of ether oxygens (including phenoxy) is 1. The van der Waals surface area contributed by atoms with Crippen LogP contribution in [0.2, 0.25) is 0 Å². The van der Waals surface area contributed by atoms with Gasteiger partial charge in [-0.3, -0.25) is 10.1 Å². The Hall–Kier alpha value is -3.27. The second-order valence-corrected chi connectivity index (χ2v) is 6.94. The number of hydrogen-bond donors (Lipinski definition) is 0. The van der Waals surface area contributed by atoms with E-state index in [0.717, 1.165) is 11.6 Å². The van der Waals surface area contributed by atoms with Crippen molar-refractivity contribution in [3.63, 3.8) is 0 Å². The molecule has 0 unspecified atom stereocenters. The number of amidine groups is 1. The third kappa shape index (κ3) is 3.26. The molecule has 1 heterocycles. The minimum Gasteiger partial charge on any atom is -0.497 e. The summed E-state index contributed by atoms with van der Waals surface area (Å²) in [6, 6.07) is 10.7. The Bertz CT molecular complexity index is 1030. The summed E-state index contributed by atoms with van der Waals surface area (Å²) < 4.78 is 33.1. The van der Waals surface area contributed by atoms with Crippen molar-refractivity contribution in [3.8, 4) is 5.75 Å². The molecule has 0 saturated heterocycles. The second-order valence-electron chi connectivity index (χ2n) is 5.37. The molecule has 1 aliphatic rings. The average molecular weight is 374 g/mol. The fourth-order valence-electron chi connectivity index (χ4n) is 2.37. The molecule has 10 heteroatoms. The largest absolute Gasteiger partial charge is 0.497 e. The topological polar surface area (TPSA) is 114 Å². The number of nitro groups is 1. The molecule has 0 aromatic heterocycles. The van der Waals surface area contributed by atoms with Crippen LogP contribution in [0, 0.1) is 10.1 Å². The van der Waals surface area contributed by atoms with Crippen LogP contribution < -0.4 is 4.74 Å². The summed E-state index contributed by atoms with van der Waals surface area (Å²) in [7, 11) is -0.883. The average Bonchev–Trinajstić information content (AvgIpc) is 2.91. The van der Waals surface area contributed by atoms with Gasteiger partial charge in [-0.1, -0.05) is 0 Å². The van der Waals surface area contributed by atoms with Gasteiger partial charge in [0.1, 0.15) is 10.6 Å². The molecule has 2 aromatic carbocycles. The van der Waals surface area contributed by atoms with Crippen LogP contribution >= 0.6 is 0 Å². The maximum Gasteiger partial charge on any atom is 0.285 e. The standard InChI is InChI=1S/C16H14N4O5S/c1-19(17-10-11-3-6-13(25-2)7-4-11)16-14-8-5-12(20(21)22)9-15(14)26(23,24)18-16/h3-10H,1-2H3. The van der Waals surface area contributed by atoms with Crippen molar-refractivity contribution in [2.75, 3.05) is 14.2 Å². The number of fused-ring (bicyclic) bond motifs is 1. The zero-order chi connectivity index (χ0) is 18.9. The van der Waals surface area contributed by atoms with Gasteiger partial charge in [0.05, 0.1) is 18.2 Å². The van der Waals surface area contributed by atoms with E-state index in [-0.39, 0.29) is 22.0 Å². The molecule has 26 heavy (non-hydrogen) atoms. The third-order valence-corrected chi connectivity index (χ3v) is 5.01. The molecule has 0 atom stereocenters. The van der Waals surface area contributed by atoms with Crippen molar-refractivity contribution in [2.24, 2.45) is 9.50 Å². The summed E-state index contributed by atoms with van der Waals surface area (Å²) in [5.74, 6) is 0.803. The highest BCUT2D eigenvalue weighted by atomic mass is 32.2. The van der Waals surface area contributed by atoms with Gasteiger partial charge in [-0.25, -0.2) is 5.01 Å². The summed E-state index contributed by atoms with van der Waals surface area (Å²) in [5.41, 5.74) is 0.737. The molecule has 3 rings (SSSR count). The van der Waals surface area contributed by atoms with Crippen LogP contribution in [0.1, 0.15) is 11.1 Å². The lowest BCUT2D eigenvalue weighted by atomic mass is 10.2. The van der Waals surface area contributed by atoms with E-state index in [9.17, 15) is 18.5 Å². The van der Waals surface area contributed by atoms with Gasteiger partial charge >= 0.3 is 0 Å². The van der Waals surface area contributed by atoms with Gasteiger partial charge < -0.3 is 4.74 Å². The fraction of sp³-hybridized carbons (Fsp3) is 0.125. The van der Waals surface area contributed by atoms with Gasteiger partial charge in [-0.15, -0.1) is 4.40 Å². The van der Waals surface area contributed by atoms with E-state index < -0.39 is 14.9 Å². The SMILES string of the molecule is COc1ccc(C=NN(C)C2=NS(=O)(=O)c3cc([N+](=O)[O-])ccc32)cc1. The van der Waals surface area contributed by atoms with Crippen molar-refractivity contribution in [1.29, 1.82) is 0 Å². The molecule has 0 bridgehead atoms. The van der Waals surface area contributed by atoms with E-state index in [1.165, 1.54) is 23.4 Å². The molecule has 0 amide bonds. The van der Waals surface area contributed by atoms with Gasteiger partial charge in [0, 0.05) is 24.7 Å². The maximum atomic E-state index is 12.2. The molecule has 0 radical (unpaired) electrons. The fourth-order valence-corrected chi connectivity index (χ4v) is 3.62. The normalized spacial score (nSPS) is 14.8.